The van der Waals surface area contributed by atoms with Gasteiger partial charge in [-0.25, -0.2) is 0 Å². The first kappa shape index (κ1) is 19.6. The molecule has 0 heterocycles. The van der Waals surface area contributed by atoms with E-state index in [-0.39, 0.29) is 18.2 Å². The largest absolute Gasteiger partial charge is 0.352 e. The first-order chi connectivity index (χ1) is 13.6. The second-order valence-electron chi connectivity index (χ2n) is 6.38. The third-order valence-electron chi connectivity index (χ3n) is 4.37. The minimum Gasteiger partial charge on any atom is -0.352 e. The summed E-state index contributed by atoms with van der Waals surface area (Å²) in [5.41, 5.74) is 2.28. The summed E-state index contributed by atoms with van der Waals surface area (Å²) in [4.78, 5) is 25.1. The maximum Gasteiger partial charge on any atom is 0.251 e. The monoisotopic (exact) mass is 392 g/mol. The van der Waals surface area contributed by atoms with Crippen LogP contribution in [0, 0.1) is 0 Å². The Morgan fingerprint density at radius 3 is 2.11 bits per heavy atom. The number of carbonyl (C=O) groups is 2. The molecule has 2 amide bonds. The van der Waals surface area contributed by atoms with Crippen LogP contribution in [0.25, 0.3) is 0 Å². The molecule has 0 unspecified atom stereocenters. The Kier molecular flexibility index (Phi) is 6.82. The molecule has 3 aromatic carbocycles. The van der Waals surface area contributed by atoms with Gasteiger partial charge in [-0.2, -0.15) is 0 Å². The van der Waals surface area contributed by atoms with Gasteiger partial charge in [-0.15, -0.1) is 0 Å². The molecule has 142 valence electrons. The van der Waals surface area contributed by atoms with Gasteiger partial charge in [0.25, 0.3) is 5.91 Å². The van der Waals surface area contributed by atoms with Crippen molar-refractivity contribution in [2.24, 2.45) is 0 Å². The van der Waals surface area contributed by atoms with Crippen LogP contribution in [0.4, 0.5) is 0 Å². The zero-order valence-electron chi connectivity index (χ0n) is 15.3. The van der Waals surface area contributed by atoms with E-state index < -0.39 is 6.04 Å². The molecular formula is C23H21ClN2O2. The van der Waals surface area contributed by atoms with Crippen LogP contribution in [0.5, 0.6) is 0 Å². The van der Waals surface area contributed by atoms with Crippen molar-refractivity contribution in [1.29, 1.82) is 0 Å². The number of hydrogen-bond donors (Lipinski definition) is 2. The van der Waals surface area contributed by atoms with Crippen molar-refractivity contribution in [2.45, 2.75) is 19.0 Å². The molecule has 0 radical (unpaired) electrons. The zero-order chi connectivity index (χ0) is 19.8. The minimum absolute atomic E-state index is 0.132. The van der Waals surface area contributed by atoms with Crippen LogP contribution >= 0.6 is 11.6 Å². The van der Waals surface area contributed by atoms with Crippen molar-refractivity contribution < 1.29 is 9.59 Å². The average molecular weight is 393 g/mol. The second-order valence-corrected chi connectivity index (χ2v) is 6.78. The molecule has 1 atom stereocenters. The lowest BCUT2D eigenvalue weighted by atomic mass is 10.0. The Balaban J connectivity index is 1.68. The molecule has 4 nitrogen and oxygen atoms in total. The highest BCUT2D eigenvalue weighted by molar-refractivity contribution is 6.31. The molecule has 0 bridgehead atoms. The predicted octanol–water partition coefficient (Wildman–Crippen LogP) is 4.52. The molecule has 0 spiro atoms. The van der Waals surface area contributed by atoms with E-state index in [0.717, 1.165) is 11.1 Å². The summed E-state index contributed by atoms with van der Waals surface area (Å²) in [5.74, 6) is -0.379. The molecule has 0 saturated heterocycles. The van der Waals surface area contributed by atoms with Gasteiger partial charge in [-0.1, -0.05) is 78.3 Å². The summed E-state index contributed by atoms with van der Waals surface area (Å²) in [6.45, 7) is 0.340. The SMILES string of the molecule is O=C(C[C@H](NC(=O)c1ccccc1)c1ccccc1)NCc1ccccc1Cl. The molecule has 0 aromatic heterocycles. The van der Waals surface area contributed by atoms with E-state index in [0.29, 0.717) is 17.1 Å². The number of halogens is 1. The van der Waals surface area contributed by atoms with E-state index in [9.17, 15) is 9.59 Å². The zero-order valence-corrected chi connectivity index (χ0v) is 16.0. The first-order valence-corrected chi connectivity index (χ1v) is 9.42. The number of rotatable bonds is 7. The van der Waals surface area contributed by atoms with E-state index in [4.69, 9.17) is 11.6 Å². The highest BCUT2D eigenvalue weighted by Gasteiger charge is 2.19. The number of nitrogens with one attached hydrogen (secondary N) is 2. The topological polar surface area (TPSA) is 58.2 Å². The highest BCUT2D eigenvalue weighted by Crippen LogP contribution is 2.18. The Morgan fingerprint density at radius 2 is 1.43 bits per heavy atom. The fourth-order valence-electron chi connectivity index (χ4n) is 2.86. The Morgan fingerprint density at radius 1 is 0.821 bits per heavy atom. The summed E-state index contributed by atoms with van der Waals surface area (Å²) in [7, 11) is 0. The molecule has 0 aliphatic rings. The van der Waals surface area contributed by atoms with Crippen LogP contribution in [0.3, 0.4) is 0 Å². The van der Waals surface area contributed by atoms with Crippen molar-refractivity contribution in [1.82, 2.24) is 10.6 Å². The van der Waals surface area contributed by atoms with Crippen LogP contribution in [-0.2, 0) is 11.3 Å². The Bertz CT molecular complexity index is 930. The van der Waals surface area contributed by atoms with Crippen LogP contribution in [0.2, 0.25) is 5.02 Å². The van der Waals surface area contributed by atoms with Crippen LogP contribution in [0.1, 0.15) is 33.9 Å². The molecule has 3 rings (SSSR count). The van der Waals surface area contributed by atoms with Gasteiger partial charge in [0, 0.05) is 17.1 Å². The van der Waals surface area contributed by atoms with E-state index >= 15 is 0 Å². The molecular weight excluding hydrogens is 372 g/mol. The van der Waals surface area contributed by atoms with Gasteiger partial charge < -0.3 is 10.6 Å². The lowest BCUT2D eigenvalue weighted by Gasteiger charge is -2.19. The lowest BCUT2D eigenvalue weighted by Crippen LogP contribution is -2.33. The normalized spacial score (nSPS) is 11.5. The van der Waals surface area contributed by atoms with Crippen molar-refractivity contribution in [3.63, 3.8) is 0 Å². The maximum atomic E-state index is 12.6. The average Bonchev–Trinajstić information content (AvgIpc) is 2.74. The number of hydrogen-bond acceptors (Lipinski definition) is 2. The van der Waals surface area contributed by atoms with E-state index in [1.165, 1.54) is 0 Å². The summed E-state index contributed by atoms with van der Waals surface area (Å²) < 4.78 is 0. The number of benzene rings is 3. The summed E-state index contributed by atoms with van der Waals surface area (Å²) in [6, 6.07) is 25.4. The molecule has 5 heteroatoms. The minimum atomic E-state index is -0.430. The summed E-state index contributed by atoms with van der Waals surface area (Å²) in [6.07, 6.45) is 0.132. The van der Waals surface area contributed by atoms with Crippen molar-refractivity contribution >= 4 is 23.4 Å². The fourth-order valence-corrected chi connectivity index (χ4v) is 3.06. The molecule has 0 saturated carbocycles. The van der Waals surface area contributed by atoms with Gasteiger partial charge >= 0.3 is 0 Å². The van der Waals surface area contributed by atoms with Gasteiger partial charge in [-0.05, 0) is 29.3 Å². The first-order valence-electron chi connectivity index (χ1n) is 9.04. The number of carbonyl (C=O) groups excluding carboxylic acids is 2. The van der Waals surface area contributed by atoms with Crippen LogP contribution < -0.4 is 10.6 Å². The van der Waals surface area contributed by atoms with Crippen molar-refractivity contribution in [3.05, 3.63) is 107 Å². The third-order valence-corrected chi connectivity index (χ3v) is 4.74. The predicted molar refractivity (Wildman–Crippen MR) is 111 cm³/mol. The summed E-state index contributed by atoms with van der Waals surface area (Å²) >= 11 is 6.14. The lowest BCUT2D eigenvalue weighted by molar-refractivity contribution is -0.121. The molecule has 0 aliphatic carbocycles. The van der Waals surface area contributed by atoms with Gasteiger partial charge in [0.05, 0.1) is 12.5 Å². The van der Waals surface area contributed by atoms with Crippen LogP contribution in [0.15, 0.2) is 84.9 Å². The van der Waals surface area contributed by atoms with Crippen molar-refractivity contribution in [3.8, 4) is 0 Å². The molecule has 28 heavy (non-hydrogen) atoms. The van der Waals surface area contributed by atoms with E-state index in [1.54, 1.807) is 18.2 Å². The quantitative estimate of drug-likeness (QED) is 0.621. The molecule has 3 aromatic rings. The third kappa shape index (κ3) is 5.44. The summed E-state index contributed by atoms with van der Waals surface area (Å²) in [5, 5.41) is 6.45. The molecule has 2 N–H and O–H groups in total. The number of amides is 2. The molecule has 0 fully saturated rings. The smallest absolute Gasteiger partial charge is 0.251 e. The standard InChI is InChI=1S/C23H21ClN2O2/c24-20-14-8-7-13-19(20)16-25-22(27)15-21(17-9-3-1-4-10-17)26-23(28)18-11-5-2-6-12-18/h1-14,21H,15-16H2,(H,25,27)(H,26,28)/t21-/m0/s1. The second kappa shape index (κ2) is 9.72. The van der Waals surface area contributed by atoms with Gasteiger partial charge in [0.2, 0.25) is 5.91 Å². The Labute approximate surface area is 169 Å². The highest BCUT2D eigenvalue weighted by atomic mass is 35.5. The van der Waals surface area contributed by atoms with E-state index in [1.807, 2.05) is 66.7 Å². The Hall–Kier alpha value is -3.11. The van der Waals surface area contributed by atoms with Gasteiger partial charge in [0.1, 0.15) is 0 Å². The fraction of sp³-hybridized carbons (Fsp3) is 0.130. The van der Waals surface area contributed by atoms with Crippen molar-refractivity contribution in [2.75, 3.05) is 0 Å². The van der Waals surface area contributed by atoms with Gasteiger partial charge in [-0.3, -0.25) is 9.59 Å². The van der Waals surface area contributed by atoms with E-state index in [2.05, 4.69) is 10.6 Å². The van der Waals surface area contributed by atoms with Gasteiger partial charge in [0.15, 0.2) is 0 Å². The maximum absolute atomic E-state index is 12.6. The molecule has 0 aliphatic heterocycles. The van der Waals surface area contributed by atoms with Crippen LogP contribution in [-0.4, -0.2) is 11.8 Å².